The Hall–Kier alpha value is -0.0800. The Bertz CT molecular complexity index is 147. The van der Waals surface area contributed by atoms with Crippen molar-refractivity contribution in [3.63, 3.8) is 0 Å². The van der Waals surface area contributed by atoms with E-state index in [4.69, 9.17) is 0 Å². The van der Waals surface area contributed by atoms with Crippen molar-refractivity contribution in [2.24, 2.45) is 5.92 Å². The van der Waals surface area contributed by atoms with E-state index in [9.17, 15) is 5.11 Å². The lowest BCUT2D eigenvalue weighted by Crippen LogP contribution is -2.44. The fourth-order valence-electron chi connectivity index (χ4n) is 2.19. The highest BCUT2D eigenvalue weighted by molar-refractivity contribution is 4.85. The first kappa shape index (κ1) is 11.0. The van der Waals surface area contributed by atoms with Gasteiger partial charge in [-0.25, -0.2) is 0 Å². The Morgan fingerprint density at radius 2 is 2.08 bits per heavy atom. The predicted molar refractivity (Wildman–Crippen MR) is 55.7 cm³/mol. The first-order valence-electron chi connectivity index (χ1n) is 5.59. The molecule has 1 saturated carbocycles. The summed E-state index contributed by atoms with van der Waals surface area (Å²) in [5.41, 5.74) is 0. The minimum absolute atomic E-state index is 0.104. The molecular formula is C11H23NO. The van der Waals surface area contributed by atoms with Crippen LogP contribution in [0.4, 0.5) is 0 Å². The quantitative estimate of drug-likeness (QED) is 0.701. The Balaban J connectivity index is 2.36. The molecule has 0 amide bonds. The summed E-state index contributed by atoms with van der Waals surface area (Å²) in [5, 5.41) is 13.2. The molecule has 3 atom stereocenters. The van der Waals surface area contributed by atoms with Gasteiger partial charge in [0.1, 0.15) is 0 Å². The first-order valence-corrected chi connectivity index (χ1v) is 5.59. The third-order valence-corrected chi connectivity index (χ3v) is 3.15. The van der Waals surface area contributed by atoms with Gasteiger partial charge in [0.15, 0.2) is 0 Å². The molecule has 0 aliphatic heterocycles. The van der Waals surface area contributed by atoms with Crippen molar-refractivity contribution < 1.29 is 5.11 Å². The second kappa shape index (κ2) is 4.97. The van der Waals surface area contributed by atoms with Crippen LogP contribution in [0.3, 0.4) is 0 Å². The van der Waals surface area contributed by atoms with Crippen molar-refractivity contribution in [1.82, 2.24) is 5.32 Å². The monoisotopic (exact) mass is 185 g/mol. The second-order valence-electron chi connectivity index (χ2n) is 4.53. The van der Waals surface area contributed by atoms with Crippen LogP contribution in [0.5, 0.6) is 0 Å². The van der Waals surface area contributed by atoms with Gasteiger partial charge in [0.2, 0.25) is 0 Å². The van der Waals surface area contributed by atoms with Crippen molar-refractivity contribution in [3.8, 4) is 0 Å². The van der Waals surface area contributed by atoms with Gasteiger partial charge in [-0.15, -0.1) is 0 Å². The molecule has 0 radical (unpaired) electrons. The van der Waals surface area contributed by atoms with Crippen molar-refractivity contribution >= 4 is 0 Å². The van der Waals surface area contributed by atoms with E-state index in [-0.39, 0.29) is 6.10 Å². The molecule has 78 valence electrons. The van der Waals surface area contributed by atoms with E-state index in [0.717, 1.165) is 19.3 Å². The van der Waals surface area contributed by atoms with Gasteiger partial charge >= 0.3 is 0 Å². The lowest BCUT2D eigenvalue weighted by molar-refractivity contribution is 0.137. The van der Waals surface area contributed by atoms with Crippen molar-refractivity contribution in [3.05, 3.63) is 0 Å². The third-order valence-electron chi connectivity index (χ3n) is 3.15. The molecule has 13 heavy (non-hydrogen) atoms. The molecule has 0 aromatic heterocycles. The Morgan fingerprint density at radius 1 is 1.38 bits per heavy atom. The maximum absolute atomic E-state index is 9.65. The molecule has 1 aliphatic carbocycles. The van der Waals surface area contributed by atoms with Gasteiger partial charge in [-0.2, -0.15) is 0 Å². The predicted octanol–water partition coefficient (Wildman–Crippen LogP) is 1.92. The van der Waals surface area contributed by atoms with E-state index in [0.29, 0.717) is 18.0 Å². The summed E-state index contributed by atoms with van der Waals surface area (Å²) in [6.45, 7) is 6.68. The zero-order valence-corrected chi connectivity index (χ0v) is 9.09. The summed E-state index contributed by atoms with van der Waals surface area (Å²) in [6.07, 6.45) is 4.35. The fraction of sp³-hybridized carbons (Fsp3) is 1.00. The Kier molecular flexibility index (Phi) is 4.20. The van der Waals surface area contributed by atoms with Crippen LogP contribution in [0.15, 0.2) is 0 Å². The molecule has 0 saturated heterocycles. The molecule has 1 aliphatic rings. The molecule has 2 heteroatoms. The Morgan fingerprint density at radius 3 is 2.46 bits per heavy atom. The van der Waals surface area contributed by atoms with Crippen LogP contribution in [0.25, 0.3) is 0 Å². The van der Waals surface area contributed by atoms with E-state index < -0.39 is 0 Å². The first-order chi connectivity index (χ1) is 6.15. The summed E-state index contributed by atoms with van der Waals surface area (Å²) in [5.74, 6) is 0.665. The average Bonchev–Trinajstić information content (AvgIpc) is 2.46. The highest BCUT2D eigenvalue weighted by atomic mass is 16.3. The standard InChI is InChI=1S/C11H23NO/c1-4-9(8(2)3)12-10-6-5-7-11(10)13/h8-13H,4-7H2,1-3H3/t9?,10-,11-/m0/s1. The fourth-order valence-corrected chi connectivity index (χ4v) is 2.19. The topological polar surface area (TPSA) is 32.3 Å². The summed E-state index contributed by atoms with van der Waals surface area (Å²) < 4.78 is 0. The van der Waals surface area contributed by atoms with Crippen LogP contribution in [0, 0.1) is 5.92 Å². The summed E-state index contributed by atoms with van der Waals surface area (Å²) in [7, 11) is 0. The SMILES string of the molecule is CCC(N[C@H]1CCC[C@@H]1O)C(C)C. The molecule has 1 fully saturated rings. The zero-order valence-electron chi connectivity index (χ0n) is 9.09. The molecule has 2 nitrogen and oxygen atoms in total. The molecule has 0 aromatic carbocycles. The maximum Gasteiger partial charge on any atom is 0.0693 e. The molecule has 0 spiro atoms. The van der Waals surface area contributed by atoms with Crippen LogP contribution in [0.1, 0.15) is 46.5 Å². The molecule has 1 unspecified atom stereocenters. The van der Waals surface area contributed by atoms with E-state index in [1.807, 2.05) is 0 Å². The van der Waals surface area contributed by atoms with Gasteiger partial charge in [0, 0.05) is 12.1 Å². The average molecular weight is 185 g/mol. The van der Waals surface area contributed by atoms with Crippen LogP contribution in [-0.4, -0.2) is 23.3 Å². The highest BCUT2D eigenvalue weighted by Gasteiger charge is 2.27. The van der Waals surface area contributed by atoms with Crippen molar-refractivity contribution in [1.29, 1.82) is 0 Å². The molecule has 1 rings (SSSR count). The minimum Gasteiger partial charge on any atom is -0.392 e. The molecule has 0 aromatic rings. The summed E-state index contributed by atoms with van der Waals surface area (Å²) in [4.78, 5) is 0. The number of nitrogens with one attached hydrogen (secondary N) is 1. The lowest BCUT2D eigenvalue weighted by atomic mass is 10.00. The number of aliphatic hydroxyl groups excluding tert-OH is 1. The van der Waals surface area contributed by atoms with E-state index >= 15 is 0 Å². The minimum atomic E-state index is -0.104. The normalized spacial score (nSPS) is 31.2. The van der Waals surface area contributed by atoms with Crippen molar-refractivity contribution in [2.45, 2.75) is 64.6 Å². The van der Waals surface area contributed by atoms with E-state index in [2.05, 4.69) is 26.1 Å². The number of aliphatic hydroxyl groups is 1. The van der Waals surface area contributed by atoms with Crippen LogP contribution < -0.4 is 5.32 Å². The smallest absolute Gasteiger partial charge is 0.0693 e. The largest absolute Gasteiger partial charge is 0.392 e. The molecule has 2 N–H and O–H groups in total. The van der Waals surface area contributed by atoms with Gasteiger partial charge in [-0.05, 0) is 31.6 Å². The third kappa shape index (κ3) is 2.96. The van der Waals surface area contributed by atoms with Gasteiger partial charge in [0.05, 0.1) is 6.10 Å². The molecule has 0 heterocycles. The lowest BCUT2D eigenvalue weighted by Gasteiger charge is -2.26. The van der Waals surface area contributed by atoms with E-state index in [1.165, 1.54) is 6.42 Å². The number of rotatable bonds is 4. The Labute approximate surface area is 81.7 Å². The van der Waals surface area contributed by atoms with Gasteiger partial charge in [-0.1, -0.05) is 20.8 Å². The zero-order chi connectivity index (χ0) is 9.84. The van der Waals surface area contributed by atoms with Gasteiger partial charge in [-0.3, -0.25) is 0 Å². The summed E-state index contributed by atoms with van der Waals surface area (Å²) >= 11 is 0. The second-order valence-corrected chi connectivity index (χ2v) is 4.53. The van der Waals surface area contributed by atoms with Crippen LogP contribution >= 0.6 is 0 Å². The number of hydrogen-bond donors (Lipinski definition) is 2. The number of hydrogen-bond acceptors (Lipinski definition) is 2. The van der Waals surface area contributed by atoms with Crippen molar-refractivity contribution in [2.75, 3.05) is 0 Å². The molecular weight excluding hydrogens is 162 g/mol. The van der Waals surface area contributed by atoms with Gasteiger partial charge < -0.3 is 10.4 Å². The summed E-state index contributed by atoms with van der Waals surface area (Å²) in [6, 6.07) is 0.921. The highest BCUT2D eigenvalue weighted by Crippen LogP contribution is 2.20. The maximum atomic E-state index is 9.65. The van der Waals surface area contributed by atoms with E-state index in [1.54, 1.807) is 0 Å². The van der Waals surface area contributed by atoms with Crippen LogP contribution in [-0.2, 0) is 0 Å². The molecule has 0 bridgehead atoms. The van der Waals surface area contributed by atoms with Gasteiger partial charge in [0.25, 0.3) is 0 Å². The van der Waals surface area contributed by atoms with Crippen LogP contribution in [0.2, 0.25) is 0 Å².